The SMILES string of the molecule is CCc1n[nH]c(=S)n1/N=C\c1ccc(OC(C)C)c(Cl)c1. The van der Waals surface area contributed by atoms with E-state index in [0.29, 0.717) is 15.5 Å². The molecule has 1 N–H and O–H groups in total. The van der Waals surface area contributed by atoms with E-state index in [1.54, 1.807) is 17.0 Å². The Hall–Kier alpha value is -1.66. The Kier molecular flexibility index (Phi) is 5.14. The fraction of sp³-hybridized carbons (Fsp3) is 0.357. The molecule has 0 spiro atoms. The number of ether oxygens (including phenoxy) is 1. The van der Waals surface area contributed by atoms with Crippen LogP contribution in [0.1, 0.15) is 32.2 Å². The van der Waals surface area contributed by atoms with Crippen LogP contribution in [0.3, 0.4) is 0 Å². The molecule has 0 aliphatic heterocycles. The molecule has 0 radical (unpaired) electrons. The number of nitrogens with zero attached hydrogens (tertiary/aromatic N) is 3. The Morgan fingerprint density at radius 1 is 1.52 bits per heavy atom. The van der Waals surface area contributed by atoms with Crippen molar-refractivity contribution in [1.82, 2.24) is 14.9 Å². The number of aromatic nitrogens is 3. The molecule has 0 saturated carbocycles. The van der Waals surface area contributed by atoms with E-state index in [9.17, 15) is 0 Å². The maximum absolute atomic E-state index is 6.19. The fourth-order valence-electron chi connectivity index (χ4n) is 1.74. The van der Waals surface area contributed by atoms with Gasteiger partial charge in [-0.3, -0.25) is 5.10 Å². The van der Waals surface area contributed by atoms with E-state index in [2.05, 4.69) is 15.3 Å². The maximum atomic E-state index is 6.19. The molecule has 112 valence electrons. The Morgan fingerprint density at radius 2 is 2.29 bits per heavy atom. The van der Waals surface area contributed by atoms with Crippen molar-refractivity contribution in [2.24, 2.45) is 5.10 Å². The summed E-state index contributed by atoms with van der Waals surface area (Å²) < 4.78 is 7.66. The van der Waals surface area contributed by atoms with Gasteiger partial charge in [-0.25, -0.2) is 0 Å². The quantitative estimate of drug-likeness (QED) is 0.672. The number of nitrogens with one attached hydrogen (secondary N) is 1. The van der Waals surface area contributed by atoms with Gasteiger partial charge in [-0.15, -0.1) is 0 Å². The van der Waals surface area contributed by atoms with Crippen LogP contribution in [-0.4, -0.2) is 27.2 Å². The summed E-state index contributed by atoms with van der Waals surface area (Å²) >= 11 is 11.3. The molecule has 5 nitrogen and oxygen atoms in total. The minimum atomic E-state index is 0.0818. The zero-order valence-electron chi connectivity index (χ0n) is 12.1. The van der Waals surface area contributed by atoms with Gasteiger partial charge in [-0.2, -0.15) is 14.9 Å². The number of H-pyrrole nitrogens is 1. The Bertz CT molecular complexity index is 705. The lowest BCUT2D eigenvalue weighted by Crippen LogP contribution is -2.06. The first kappa shape index (κ1) is 15.7. The van der Waals surface area contributed by atoms with E-state index >= 15 is 0 Å². The zero-order chi connectivity index (χ0) is 15.4. The van der Waals surface area contributed by atoms with E-state index in [4.69, 9.17) is 28.6 Å². The number of hydrogen-bond donors (Lipinski definition) is 1. The van der Waals surface area contributed by atoms with Gasteiger partial charge in [0.15, 0.2) is 5.82 Å². The van der Waals surface area contributed by atoms with Crippen molar-refractivity contribution in [3.05, 3.63) is 39.4 Å². The number of aromatic amines is 1. The monoisotopic (exact) mass is 324 g/mol. The fourth-order valence-corrected chi connectivity index (χ4v) is 2.18. The van der Waals surface area contributed by atoms with Gasteiger partial charge in [0.1, 0.15) is 5.75 Å². The Balaban J connectivity index is 2.23. The molecule has 1 aromatic carbocycles. The van der Waals surface area contributed by atoms with Crippen LogP contribution in [0.2, 0.25) is 5.02 Å². The van der Waals surface area contributed by atoms with Gasteiger partial charge in [-0.05, 0) is 49.8 Å². The molecular weight excluding hydrogens is 308 g/mol. The lowest BCUT2D eigenvalue weighted by atomic mass is 10.2. The highest BCUT2D eigenvalue weighted by atomic mass is 35.5. The topological polar surface area (TPSA) is 55.2 Å². The van der Waals surface area contributed by atoms with Crippen molar-refractivity contribution in [2.45, 2.75) is 33.3 Å². The molecule has 1 aromatic heterocycles. The maximum Gasteiger partial charge on any atom is 0.216 e. The lowest BCUT2D eigenvalue weighted by molar-refractivity contribution is 0.242. The van der Waals surface area contributed by atoms with Crippen molar-refractivity contribution in [2.75, 3.05) is 0 Å². The van der Waals surface area contributed by atoms with Gasteiger partial charge in [0.25, 0.3) is 0 Å². The zero-order valence-corrected chi connectivity index (χ0v) is 13.7. The van der Waals surface area contributed by atoms with E-state index in [1.807, 2.05) is 32.9 Å². The van der Waals surface area contributed by atoms with Crippen LogP contribution in [0, 0.1) is 4.77 Å². The molecule has 0 atom stereocenters. The van der Waals surface area contributed by atoms with Gasteiger partial charge in [0, 0.05) is 6.42 Å². The van der Waals surface area contributed by atoms with E-state index in [0.717, 1.165) is 17.8 Å². The van der Waals surface area contributed by atoms with Gasteiger partial charge in [-0.1, -0.05) is 18.5 Å². The molecule has 0 fully saturated rings. The van der Waals surface area contributed by atoms with Crippen molar-refractivity contribution < 1.29 is 4.74 Å². The third-order valence-corrected chi connectivity index (χ3v) is 3.23. The highest BCUT2D eigenvalue weighted by Gasteiger charge is 2.05. The predicted molar refractivity (Wildman–Crippen MR) is 87.0 cm³/mol. The summed E-state index contributed by atoms with van der Waals surface area (Å²) in [5.74, 6) is 1.44. The van der Waals surface area contributed by atoms with Crippen molar-refractivity contribution in [3.63, 3.8) is 0 Å². The molecule has 0 bridgehead atoms. The third-order valence-electron chi connectivity index (χ3n) is 2.67. The molecule has 2 aromatic rings. The van der Waals surface area contributed by atoms with Crippen molar-refractivity contribution >= 4 is 30.0 Å². The van der Waals surface area contributed by atoms with Crippen molar-refractivity contribution in [3.8, 4) is 5.75 Å². The molecule has 2 rings (SSSR count). The van der Waals surface area contributed by atoms with Crippen LogP contribution in [0.4, 0.5) is 0 Å². The second kappa shape index (κ2) is 6.87. The van der Waals surface area contributed by atoms with E-state index < -0.39 is 0 Å². The Labute approximate surface area is 133 Å². The average Bonchev–Trinajstić information content (AvgIpc) is 2.79. The Morgan fingerprint density at radius 3 is 2.90 bits per heavy atom. The second-order valence-electron chi connectivity index (χ2n) is 4.71. The van der Waals surface area contributed by atoms with Crippen LogP contribution in [0.15, 0.2) is 23.3 Å². The summed E-state index contributed by atoms with van der Waals surface area (Å²) in [5.41, 5.74) is 0.862. The summed E-state index contributed by atoms with van der Waals surface area (Å²) in [7, 11) is 0. The first-order valence-electron chi connectivity index (χ1n) is 6.68. The van der Waals surface area contributed by atoms with Crippen LogP contribution in [0.5, 0.6) is 5.75 Å². The van der Waals surface area contributed by atoms with Crippen LogP contribution in [0.25, 0.3) is 0 Å². The summed E-state index contributed by atoms with van der Waals surface area (Å²) in [6.07, 6.45) is 2.51. The van der Waals surface area contributed by atoms with Crippen LogP contribution < -0.4 is 4.74 Å². The molecule has 0 aliphatic carbocycles. The molecular formula is C14H17ClN4OS. The third kappa shape index (κ3) is 3.92. The highest BCUT2D eigenvalue weighted by molar-refractivity contribution is 7.71. The lowest BCUT2D eigenvalue weighted by Gasteiger charge is -2.11. The number of hydrogen-bond acceptors (Lipinski definition) is 4. The number of halogens is 1. The minimum absolute atomic E-state index is 0.0818. The minimum Gasteiger partial charge on any atom is -0.489 e. The average molecular weight is 325 g/mol. The standard InChI is InChI=1S/C14H17ClN4OS/c1-4-13-17-18-14(21)19(13)16-8-10-5-6-12(11(15)7-10)20-9(2)3/h5-9H,4H2,1-3H3,(H,18,21)/b16-8-. The smallest absolute Gasteiger partial charge is 0.216 e. The molecule has 0 amide bonds. The normalized spacial score (nSPS) is 11.5. The van der Waals surface area contributed by atoms with Crippen molar-refractivity contribution in [1.29, 1.82) is 0 Å². The second-order valence-corrected chi connectivity index (χ2v) is 5.51. The molecule has 0 unspecified atom stereocenters. The number of aryl methyl sites for hydroxylation is 1. The summed E-state index contributed by atoms with van der Waals surface area (Å²) in [6.45, 7) is 5.91. The van der Waals surface area contributed by atoms with Crippen LogP contribution >= 0.6 is 23.8 Å². The molecule has 21 heavy (non-hydrogen) atoms. The van der Waals surface area contributed by atoms with Gasteiger partial charge in [0.05, 0.1) is 17.3 Å². The van der Waals surface area contributed by atoms with E-state index in [1.165, 1.54) is 0 Å². The van der Waals surface area contributed by atoms with Crippen LogP contribution in [-0.2, 0) is 6.42 Å². The van der Waals surface area contributed by atoms with E-state index in [-0.39, 0.29) is 6.10 Å². The summed E-state index contributed by atoms with van der Waals surface area (Å²) in [6, 6.07) is 5.53. The number of benzene rings is 1. The summed E-state index contributed by atoms with van der Waals surface area (Å²) in [4.78, 5) is 0. The first-order valence-corrected chi connectivity index (χ1v) is 7.46. The number of rotatable bonds is 5. The van der Waals surface area contributed by atoms with Gasteiger partial charge < -0.3 is 4.74 Å². The largest absolute Gasteiger partial charge is 0.489 e. The van der Waals surface area contributed by atoms with Gasteiger partial charge >= 0.3 is 0 Å². The predicted octanol–water partition coefficient (Wildman–Crippen LogP) is 3.83. The molecule has 0 aliphatic rings. The first-order chi connectivity index (χ1) is 10.0. The molecule has 7 heteroatoms. The van der Waals surface area contributed by atoms with Gasteiger partial charge in [0.2, 0.25) is 4.77 Å². The summed E-state index contributed by atoms with van der Waals surface area (Å²) in [5, 5.41) is 11.7. The highest BCUT2D eigenvalue weighted by Crippen LogP contribution is 2.25. The molecule has 0 saturated heterocycles. The molecule has 1 heterocycles.